The van der Waals surface area contributed by atoms with Gasteiger partial charge in [0.2, 0.25) is 5.88 Å². The third-order valence-corrected chi connectivity index (χ3v) is 2.71. The number of hydrogen-bond acceptors (Lipinski definition) is 5. The van der Waals surface area contributed by atoms with Crippen LogP contribution in [0.25, 0.3) is 0 Å². The number of aromatic nitrogens is 2. The molecule has 0 amide bonds. The van der Waals surface area contributed by atoms with E-state index in [1.807, 2.05) is 12.1 Å². The normalized spacial score (nSPS) is 10.2. The molecule has 2 aromatic rings. The molecule has 0 radical (unpaired) electrons. The Hall–Kier alpha value is -2.05. The molecule has 0 unspecified atom stereocenters. The summed E-state index contributed by atoms with van der Waals surface area (Å²) in [5.74, 6) is 0.893. The molecule has 1 aromatic carbocycles. The van der Waals surface area contributed by atoms with E-state index in [-0.39, 0.29) is 17.5 Å². The number of nitrogens with two attached hydrogens (primary N) is 1. The van der Waals surface area contributed by atoms with Gasteiger partial charge in [0.05, 0.1) is 11.8 Å². The maximum absolute atomic E-state index is 8.84. The van der Waals surface area contributed by atoms with Crippen molar-refractivity contribution in [2.45, 2.75) is 6.42 Å². The van der Waals surface area contributed by atoms with E-state index >= 15 is 0 Å². The van der Waals surface area contributed by atoms with Gasteiger partial charge in [-0.15, -0.1) is 5.10 Å². The molecule has 1 heterocycles. The van der Waals surface area contributed by atoms with Crippen LogP contribution in [-0.2, 0) is 6.42 Å². The molecule has 0 bridgehead atoms. The fourth-order valence-corrected chi connectivity index (χ4v) is 1.70. The molecule has 0 aliphatic carbocycles. The van der Waals surface area contributed by atoms with Crippen LogP contribution in [0.5, 0.6) is 11.6 Å². The van der Waals surface area contributed by atoms with Crippen LogP contribution in [0.2, 0.25) is 0 Å². The average molecular weight is 275 g/mol. The van der Waals surface area contributed by atoms with E-state index in [0.717, 1.165) is 5.56 Å². The van der Waals surface area contributed by atoms with Crippen LogP contribution in [0.3, 0.4) is 0 Å². The van der Waals surface area contributed by atoms with Gasteiger partial charge < -0.3 is 15.6 Å². The quantitative estimate of drug-likeness (QED) is 0.804. The Labute approximate surface area is 116 Å². The van der Waals surface area contributed by atoms with E-state index in [1.165, 1.54) is 6.20 Å². The first-order valence-electron chi connectivity index (χ1n) is 5.70. The van der Waals surface area contributed by atoms with Gasteiger partial charge in [0.1, 0.15) is 10.7 Å². The molecule has 6 heteroatoms. The number of nitrogens with zero attached hydrogens (tertiary/aromatic N) is 2. The van der Waals surface area contributed by atoms with Gasteiger partial charge in [-0.2, -0.15) is 5.10 Å². The summed E-state index contributed by atoms with van der Waals surface area (Å²) in [6.45, 7) is 0.121. The summed E-state index contributed by atoms with van der Waals surface area (Å²) >= 11 is 4.92. The Morgan fingerprint density at radius 2 is 2.00 bits per heavy atom. The number of aliphatic hydroxyl groups excluding tert-OH is 1. The second-order valence-electron chi connectivity index (χ2n) is 3.83. The molecule has 5 nitrogen and oxygen atoms in total. The summed E-state index contributed by atoms with van der Waals surface area (Å²) in [7, 11) is 0. The summed E-state index contributed by atoms with van der Waals surface area (Å²) in [6.07, 6.45) is 2.12. The van der Waals surface area contributed by atoms with Gasteiger partial charge in [0, 0.05) is 6.61 Å². The van der Waals surface area contributed by atoms with Gasteiger partial charge in [0.15, 0.2) is 0 Å². The lowest BCUT2D eigenvalue weighted by Crippen LogP contribution is -2.12. The van der Waals surface area contributed by atoms with Crippen LogP contribution in [0.4, 0.5) is 0 Å². The second-order valence-corrected chi connectivity index (χ2v) is 4.27. The zero-order valence-electron chi connectivity index (χ0n) is 10.1. The first-order valence-corrected chi connectivity index (χ1v) is 6.10. The highest BCUT2D eigenvalue weighted by Gasteiger charge is 2.09. The van der Waals surface area contributed by atoms with Gasteiger partial charge in [-0.25, -0.2) is 0 Å². The van der Waals surface area contributed by atoms with Crippen LogP contribution in [0.1, 0.15) is 11.1 Å². The van der Waals surface area contributed by atoms with Gasteiger partial charge in [-0.3, -0.25) is 0 Å². The third-order valence-electron chi connectivity index (χ3n) is 2.49. The zero-order valence-corrected chi connectivity index (χ0v) is 10.9. The largest absolute Gasteiger partial charge is 0.437 e. The number of hydrogen-bond donors (Lipinski definition) is 2. The Kier molecular flexibility index (Phi) is 4.38. The van der Waals surface area contributed by atoms with Crippen molar-refractivity contribution in [3.05, 3.63) is 47.7 Å². The van der Waals surface area contributed by atoms with Crippen molar-refractivity contribution in [2.75, 3.05) is 6.61 Å². The van der Waals surface area contributed by atoms with E-state index in [2.05, 4.69) is 10.2 Å². The van der Waals surface area contributed by atoms with Crippen LogP contribution in [0, 0.1) is 0 Å². The fourth-order valence-electron chi connectivity index (χ4n) is 1.55. The maximum atomic E-state index is 8.84. The number of aliphatic hydroxyl groups is 1. The number of thiocarbonyl (C=S) groups is 1. The van der Waals surface area contributed by atoms with E-state index in [4.69, 9.17) is 27.8 Å². The van der Waals surface area contributed by atoms with Crippen molar-refractivity contribution in [3.63, 3.8) is 0 Å². The van der Waals surface area contributed by atoms with Crippen LogP contribution >= 0.6 is 12.2 Å². The van der Waals surface area contributed by atoms with Crippen molar-refractivity contribution in [1.29, 1.82) is 0 Å². The molecule has 3 N–H and O–H groups in total. The number of rotatable bonds is 5. The lowest BCUT2D eigenvalue weighted by Gasteiger charge is -2.08. The molecule has 0 atom stereocenters. The monoisotopic (exact) mass is 275 g/mol. The summed E-state index contributed by atoms with van der Waals surface area (Å²) in [5, 5.41) is 16.5. The molecule has 0 aliphatic rings. The van der Waals surface area contributed by atoms with Gasteiger partial charge in [-0.05, 0) is 30.2 Å². The molecule has 19 heavy (non-hydrogen) atoms. The fraction of sp³-hybridized carbons (Fsp3) is 0.154. The van der Waals surface area contributed by atoms with Crippen molar-refractivity contribution >= 4 is 17.2 Å². The molecule has 0 aliphatic heterocycles. The lowest BCUT2D eigenvalue weighted by atomic mass is 10.1. The van der Waals surface area contributed by atoms with Crippen molar-refractivity contribution < 1.29 is 9.84 Å². The molecule has 1 aromatic heterocycles. The molecule has 0 fully saturated rings. The second kappa shape index (κ2) is 6.21. The summed E-state index contributed by atoms with van der Waals surface area (Å²) in [5.41, 5.74) is 7.16. The zero-order chi connectivity index (χ0) is 13.7. The molecule has 0 saturated carbocycles. The minimum absolute atomic E-state index is 0.121. The van der Waals surface area contributed by atoms with Gasteiger partial charge >= 0.3 is 0 Å². The standard InChI is InChI=1S/C13H13N3O2S/c14-12(19)11-5-7-15-16-13(11)18-10-3-1-9(2-4-10)6-8-17/h1-5,7,17H,6,8H2,(H2,14,19). The van der Waals surface area contributed by atoms with E-state index in [9.17, 15) is 0 Å². The molecule has 2 rings (SSSR count). The molecule has 98 valence electrons. The Morgan fingerprint density at radius 3 is 2.63 bits per heavy atom. The highest BCUT2D eigenvalue weighted by atomic mass is 32.1. The summed E-state index contributed by atoms with van der Waals surface area (Å²) < 4.78 is 5.60. The Bertz CT molecular complexity index is 572. The molecular formula is C13H13N3O2S. The van der Waals surface area contributed by atoms with E-state index in [1.54, 1.807) is 18.2 Å². The van der Waals surface area contributed by atoms with Crippen molar-refractivity contribution in [1.82, 2.24) is 10.2 Å². The van der Waals surface area contributed by atoms with Crippen LogP contribution in [0.15, 0.2) is 36.5 Å². The SMILES string of the molecule is NC(=S)c1ccnnc1Oc1ccc(CCO)cc1. The third kappa shape index (κ3) is 3.46. The predicted octanol–water partition coefficient (Wildman–Crippen LogP) is 1.44. The predicted molar refractivity (Wildman–Crippen MR) is 75.2 cm³/mol. The number of benzene rings is 1. The Morgan fingerprint density at radius 1 is 1.26 bits per heavy atom. The first kappa shape index (κ1) is 13.4. The lowest BCUT2D eigenvalue weighted by molar-refractivity contribution is 0.299. The molecule has 0 spiro atoms. The minimum Gasteiger partial charge on any atom is -0.437 e. The van der Waals surface area contributed by atoms with Gasteiger partial charge in [-0.1, -0.05) is 24.4 Å². The summed E-state index contributed by atoms with van der Waals surface area (Å²) in [4.78, 5) is 0.210. The average Bonchev–Trinajstić information content (AvgIpc) is 2.42. The van der Waals surface area contributed by atoms with Crippen molar-refractivity contribution in [2.24, 2.45) is 5.73 Å². The number of ether oxygens (including phenoxy) is 1. The highest BCUT2D eigenvalue weighted by Crippen LogP contribution is 2.22. The minimum atomic E-state index is 0.121. The van der Waals surface area contributed by atoms with Crippen LogP contribution < -0.4 is 10.5 Å². The molecular weight excluding hydrogens is 262 g/mol. The first-order chi connectivity index (χ1) is 9.20. The summed E-state index contributed by atoms with van der Waals surface area (Å²) in [6, 6.07) is 9.00. The van der Waals surface area contributed by atoms with Gasteiger partial charge in [0.25, 0.3) is 0 Å². The Balaban J connectivity index is 2.19. The van der Waals surface area contributed by atoms with Crippen LogP contribution in [-0.4, -0.2) is 26.9 Å². The topological polar surface area (TPSA) is 81.3 Å². The highest BCUT2D eigenvalue weighted by molar-refractivity contribution is 7.80. The maximum Gasteiger partial charge on any atom is 0.249 e. The van der Waals surface area contributed by atoms with E-state index in [0.29, 0.717) is 17.7 Å². The smallest absolute Gasteiger partial charge is 0.249 e. The van der Waals surface area contributed by atoms with E-state index < -0.39 is 0 Å². The molecule has 0 saturated heterocycles. The van der Waals surface area contributed by atoms with Crippen molar-refractivity contribution in [3.8, 4) is 11.6 Å².